The Morgan fingerprint density at radius 3 is 2.40 bits per heavy atom. The molecule has 1 aromatic carbocycles. The summed E-state index contributed by atoms with van der Waals surface area (Å²) < 4.78 is 0. The Labute approximate surface area is 147 Å². The van der Waals surface area contributed by atoms with E-state index >= 15 is 0 Å². The SMILES string of the molecule is CC(c1ccc2nccnc2c1)N1CCN(c2ccc(N)cn2)CC1. The van der Waals surface area contributed by atoms with Crippen LogP contribution in [0.2, 0.25) is 0 Å². The van der Waals surface area contributed by atoms with Crippen molar-refractivity contribution in [2.75, 3.05) is 36.8 Å². The average molecular weight is 334 g/mol. The topological polar surface area (TPSA) is 71.2 Å². The van der Waals surface area contributed by atoms with Crippen LogP contribution < -0.4 is 10.6 Å². The highest BCUT2D eigenvalue weighted by Gasteiger charge is 2.23. The number of aromatic nitrogens is 3. The number of nitrogens with two attached hydrogens (primary N) is 1. The van der Waals surface area contributed by atoms with Gasteiger partial charge in [0.15, 0.2) is 0 Å². The van der Waals surface area contributed by atoms with E-state index in [0.717, 1.165) is 43.0 Å². The van der Waals surface area contributed by atoms with E-state index in [1.165, 1.54) is 5.56 Å². The van der Waals surface area contributed by atoms with Gasteiger partial charge in [-0.3, -0.25) is 14.9 Å². The number of pyridine rings is 1. The Morgan fingerprint density at radius 1 is 0.920 bits per heavy atom. The van der Waals surface area contributed by atoms with Gasteiger partial charge in [-0.25, -0.2) is 4.98 Å². The third kappa shape index (κ3) is 3.25. The molecule has 2 aromatic heterocycles. The molecule has 0 spiro atoms. The van der Waals surface area contributed by atoms with Gasteiger partial charge in [0.25, 0.3) is 0 Å². The number of benzene rings is 1. The second kappa shape index (κ2) is 6.64. The van der Waals surface area contributed by atoms with Gasteiger partial charge in [-0.1, -0.05) is 6.07 Å². The van der Waals surface area contributed by atoms with Crippen LogP contribution in [-0.4, -0.2) is 46.0 Å². The quantitative estimate of drug-likeness (QED) is 0.793. The first-order valence-electron chi connectivity index (χ1n) is 8.62. The van der Waals surface area contributed by atoms with Crippen molar-refractivity contribution < 1.29 is 0 Å². The van der Waals surface area contributed by atoms with Crippen molar-refractivity contribution in [3.8, 4) is 0 Å². The van der Waals surface area contributed by atoms with Gasteiger partial charge < -0.3 is 10.6 Å². The first kappa shape index (κ1) is 15.8. The number of rotatable bonds is 3. The minimum Gasteiger partial charge on any atom is -0.397 e. The molecule has 128 valence electrons. The predicted octanol–water partition coefficient (Wildman–Crippen LogP) is 2.49. The van der Waals surface area contributed by atoms with Crippen LogP contribution in [0.3, 0.4) is 0 Å². The van der Waals surface area contributed by atoms with Gasteiger partial charge >= 0.3 is 0 Å². The first-order chi connectivity index (χ1) is 12.2. The molecule has 3 heterocycles. The molecule has 1 atom stereocenters. The lowest BCUT2D eigenvalue weighted by molar-refractivity contribution is 0.198. The number of hydrogen-bond acceptors (Lipinski definition) is 6. The summed E-state index contributed by atoms with van der Waals surface area (Å²) >= 11 is 0. The normalized spacial score (nSPS) is 16.9. The van der Waals surface area contributed by atoms with Crippen LogP contribution in [0.15, 0.2) is 48.9 Å². The van der Waals surface area contributed by atoms with Crippen molar-refractivity contribution in [2.45, 2.75) is 13.0 Å². The van der Waals surface area contributed by atoms with E-state index < -0.39 is 0 Å². The monoisotopic (exact) mass is 334 g/mol. The maximum Gasteiger partial charge on any atom is 0.128 e. The molecule has 6 heteroatoms. The van der Waals surface area contributed by atoms with Gasteiger partial charge in [-0.05, 0) is 36.8 Å². The van der Waals surface area contributed by atoms with Gasteiger partial charge in [0.1, 0.15) is 5.82 Å². The summed E-state index contributed by atoms with van der Waals surface area (Å²) in [4.78, 5) is 18.0. The Bertz CT molecular complexity index is 855. The number of nitrogen functional groups attached to an aromatic ring is 1. The van der Waals surface area contributed by atoms with Gasteiger partial charge in [-0.2, -0.15) is 0 Å². The highest BCUT2D eigenvalue weighted by atomic mass is 15.3. The van der Waals surface area contributed by atoms with Crippen LogP contribution in [0.25, 0.3) is 11.0 Å². The van der Waals surface area contributed by atoms with E-state index in [9.17, 15) is 0 Å². The van der Waals surface area contributed by atoms with Gasteiger partial charge in [-0.15, -0.1) is 0 Å². The molecule has 3 aromatic rings. The highest BCUT2D eigenvalue weighted by Crippen LogP contribution is 2.25. The lowest BCUT2D eigenvalue weighted by Gasteiger charge is -2.38. The summed E-state index contributed by atoms with van der Waals surface area (Å²) in [5.74, 6) is 1.00. The summed E-state index contributed by atoms with van der Waals surface area (Å²) in [6.45, 7) is 6.20. The molecule has 2 N–H and O–H groups in total. The molecular formula is C19H22N6. The molecule has 0 radical (unpaired) electrons. The average Bonchev–Trinajstić information content (AvgIpc) is 2.68. The molecule has 1 unspecified atom stereocenters. The predicted molar refractivity (Wildman–Crippen MR) is 100 cm³/mol. The molecule has 0 bridgehead atoms. The zero-order valence-corrected chi connectivity index (χ0v) is 14.3. The third-order valence-corrected chi connectivity index (χ3v) is 4.93. The van der Waals surface area contributed by atoms with E-state index in [2.05, 4.69) is 49.9 Å². The minimum absolute atomic E-state index is 0.355. The highest BCUT2D eigenvalue weighted by molar-refractivity contribution is 5.74. The number of hydrogen-bond donors (Lipinski definition) is 1. The molecule has 0 saturated carbocycles. The first-order valence-corrected chi connectivity index (χ1v) is 8.62. The van der Waals surface area contributed by atoms with Gasteiger partial charge in [0.2, 0.25) is 0 Å². The fourth-order valence-corrected chi connectivity index (χ4v) is 3.37. The smallest absolute Gasteiger partial charge is 0.128 e. The van der Waals surface area contributed by atoms with Crippen molar-refractivity contribution in [1.82, 2.24) is 19.9 Å². The molecule has 6 nitrogen and oxygen atoms in total. The van der Waals surface area contributed by atoms with E-state index in [-0.39, 0.29) is 0 Å². The minimum atomic E-state index is 0.355. The van der Waals surface area contributed by atoms with Crippen LogP contribution in [-0.2, 0) is 0 Å². The van der Waals surface area contributed by atoms with Crippen molar-refractivity contribution in [1.29, 1.82) is 0 Å². The number of piperazine rings is 1. The van der Waals surface area contributed by atoms with Gasteiger partial charge in [0, 0.05) is 44.6 Å². The Morgan fingerprint density at radius 2 is 1.68 bits per heavy atom. The fraction of sp³-hybridized carbons (Fsp3) is 0.316. The second-order valence-electron chi connectivity index (χ2n) is 6.45. The standard InChI is InChI=1S/C19H22N6/c1-14(15-2-4-17-18(12-15)22-7-6-21-17)24-8-10-25(11-9-24)19-5-3-16(20)13-23-19/h2-7,12-14H,8-11,20H2,1H3. The maximum atomic E-state index is 5.72. The summed E-state index contributed by atoms with van der Waals surface area (Å²) in [6, 6.07) is 10.6. The van der Waals surface area contributed by atoms with Crippen LogP contribution >= 0.6 is 0 Å². The third-order valence-electron chi connectivity index (χ3n) is 4.93. The van der Waals surface area contributed by atoms with E-state index in [1.807, 2.05) is 12.1 Å². The van der Waals surface area contributed by atoms with Crippen molar-refractivity contribution in [3.05, 3.63) is 54.5 Å². The van der Waals surface area contributed by atoms with Crippen LogP contribution in [0.5, 0.6) is 0 Å². The van der Waals surface area contributed by atoms with Crippen LogP contribution in [0.4, 0.5) is 11.5 Å². The van der Waals surface area contributed by atoms with E-state index in [0.29, 0.717) is 11.7 Å². The lowest BCUT2D eigenvalue weighted by Crippen LogP contribution is -2.47. The van der Waals surface area contributed by atoms with Crippen LogP contribution in [0.1, 0.15) is 18.5 Å². The molecule has 0 amide bonds. The Balaban J connectivity index is 1.45. The summed E-state index contributed by atoms with van der Waals surface area (Å²) in [5, 5.41) is 0. The van der Waals surface area contributed by atoms with E-state index in [1.54, 1.807) is 18.6 Å². The second-order valence-corrected chi connectivity index (χ2v) is 6.45. The summed E-state index contributed by atoms with van der Waals surface area (Å²) in [6.07, 6.45) is 5.20. The van der Waals surface area contributed by atoms with Gasteiger partial charge in [0.05, 0.1) is 22.9 Å². The molecule has 4 rings (SSSR count). The largest absolute Gasteiger partial charge is 0.397 e. The number of fused-ring (bicyclic) bond motifs is 1. The lowest BCUT2D eigenvalue weighted by atomic mass is 10.0. The molecule has 1 saturated heterocycles. The fourth-order valence-electron chi connectivity index (χ4n) is 3.37. The Hall–Kier alpha value is -2.73. The number of nitrogens with zero attached hydrogens (tertiary/aromatic N) is 5. The Kier molecular flexibility index (Phi) is 4.19. The summed E-state index contributed by atoms with van der Waals surface area (Å²) in [7, 11) is 0. The zero-order valence-electron chi connectivity index (χ0n) is 14.3. The summed E-state index contributed by atoms with van der Waals surface area (Å²) in [5.41, 5.74) is 9.61. The molecular weight excluding hydrogens is 312 g/mol. The maximum absolute atomic E-state index is 5.72. The molecule has 1 aliphatic heterocycles. The zero-order chi connectivity index (χ0) is 17.2. The molecule has 25 heavy (non-hydrogen) atoms. The van der Waals surface area contributed by atoms with E-state index in [4.69, 9.17) is 5.73 Å². The van der Waals surface area contributed by atoms with Crippen molar-refractivity contribution in [2.24, 2.45) is 0 Å². The number of anilines is 2. The van der Waals surface area contributed by atoms with Crippen molar-refractivity contribution >= 4 is 22.5 Å². The molecule has 1 fully saturated rings. The van der Waals surface area contributed by atoms with Crippen LogP contribution in [0, 0.1) is 0 Å². The molecule has 0 aliphatic carbocycles. The molecule has 1 aliphatic rings. The van der Waals surface area contributed by atoms with Crippen molar-refractivity contribution in [3.63, 3.8) is 0 Å².